The molecule has 0 spiro atoms. The minimum Gasteiger partial charge on any atom is -0.497 e. The van der Waals surface area contributed by atoms with Crippen LogP contribution in [0.15, 0.2) is 53.6 Å². The maximum atomic E-state index is 12.1. The fourth-order valence-corrected chi connectivity index (χ4v) is 2.44. The predicted molar refractivity (Wildman–Crippen MR) is 119 cm³/mol. The number of nitrogens with zero attached hydrogens (tertiary/aromatic N) is 1. The van der Waals surface area contributed by atoms with Crippen LogP contribution in [0.5, 0.6) is 11.5 Å². The van der Waals surface area contributed by atoms with Crippen molar-refractivity contribution in [1.82, 2.24) is 10.7 Å². The number of anilines is 1. The van der Waals surface area contributed by atoms with E-state index >= 15 is 0 Å². The number of methoxy groups -OCH3 is 2. The normalized spacial score (nSPS) is 10.4. The van der Waals surface area contributed by atoms with Gasteiger partial charge >= 0.3 is 11.8 Å². The van der Waals surface area contributed by atoms with Crippen LogP contribution in [0.3, 0.4) is 0 Å². The largest absolute Gasteiger partial charge is 0.497 e. The van der Waals surface area contributed by atoms with Gasteiger partial charge in [0.2, 0.25) is 0 Å². The van der Waals surface area contributed by atoms with E-state index in [9.17, 15) is 14.4 Å². The van der Waals surface area contributed by atoms with Gasteiger partial charge in [0, 0.05) is 31.5 Å². The van der Waals surface area contributed by atoms with Gasteiger partial charge in [-0.3, -0.25) is 14.4 Å². The van der Waals surface area contributed by atoms with Gasteiger partial charge in [-0.1, -0.05) is 12.1 Å². The second kappa shape index (κ2) is 13.4. The number of benzene rings is 2. The molecule has 10 nitrogen and oxygen atoms in total. The molecule has 3 amide bonds. The minimum absolute atomic E-state index is 0.229. The van der Waals surface area contributed by atoms with Crippen LogP contribution in [-0.2, 0) is 19.1 Å². The molecule has 0 saturated carbocycles. The minimum atomic E-state index is -0.893. The summed E-state index contributed by atoms with van der Waals surface area (Å²) in [4.78, 5) is 35.6. The van der Waals surface area contributed by atoms with Crippen molar-refractivity contribution in [2.24, 2.45) is 5.10 Å². The summed E-state index contributed by atoms with van der Waals surface area (Å²) in [6.07, 6.45) is 1.92. The summed E-state index contributed by atoms with van der Waals surface area (Å²) in [7, 11) is 3.12. The van der Waals surface area contributed by atoms with E-state index in [0.29, 0.717) is 42.3 Å². The maximum absolute atomic E-state index is 12.1. The second-order valence-electron chi connectivity index (χ2n) is 6.40. The van der Waals surface area contributed by atoms with Gasteiger partial charge in [0.25, 0.3) is 5.91 Å². The molecule has 32 heavy (non-hydrogen) atoms. The number of hydrogen-bond acceptors (Lipinski definition) is 7. The molecule has 0 atom stereocenters. The van der Waals surface area contributed by atoms with E-state index in [4.69, 9.17) is 14.2 Å². The lowest BCUT2D eigenvalue weighted by Crippen LogP contribution is -2.38. The molecule has 0 radical (unpaired) electrons. The Balaban J connectivity index is 1.84. The first kappa shape index (κ1) is 24.4. The Bertz CT molecular complexity index is 930. The molecular weight excluding hydrogens is 416 g/mol. The highest BCUT2D eigenvalue weighted by Gasteiger charge is 2.11. The summed E-state index contributed by atoms with van der Waals surface area (Å²) in [6.45, 7) is 0.571. The zero-order valence-electron chi connectivity index (χ0n) is 17.9. The average Bonchev–Trinajstić information content (AvgIpc) is 2.81. The zero-order valence-corrected chi connectivity index (χ0v) is 17.9. The molecule has 0 aromatic heterocycles. The van der Waals surface area contributed by atoms with Crippen LogP contribution in [0, 0.1) is 0 Å². The van der Waals surface area contributed by atoms with Gasteiger partial charge in [0.15, 0.2) is 6.61 Å². The lowest BCUT2D eigenvalue weighted by molar-refractivity contribution is -0.139. The second-order valence-corrected chi connectivity index (χ2v) is 6.40. The topological polar surface area (TPSA) is 127 Å². The van der Waals surface area contributed by atoms with E-state index in [0.717, 1.165) is 0 Å². The van der Waals surface area contributed by atoms with E-state index in [1.165, 1.54) is 6.21 Å². The Morgan fingerprint density at radius 2 is 1.75 bits per heavy atom. The Kier molecular flexibility index (Phi) is 10.2. The number of amides is 3. The summed E-state index contributed by atoms with van der Waals surface area (Å²) in [5, 5.41) is 8.95. The molecule has 0 heterocycles. The molecule has 2 aromatic carbocycles. The van der Waals surface area contributed by atoms with Crippen molar-refractivity contribution in [3.63, 3.8) is 0 Å². The summed E-state index contributed by atoms with van der Waals surface area (Å²) < 4.78 is 15.5. The highest BCUT2D eigenvalue weighted by Crippen LogP contribution is 2.17. The fraction of sp³-hybridized carbons (Fsp3) is 0.273. The van der Waals surface area contributed by atoms with Crippen molar-refractivity contribution in [2.45, 2.75) is 6.42 Å². The quantitative estimate of drug-likeness (QED) is 0.208. The molecule has 0 aliphatic rings. The Morgan fingerprint density at radius 1 is 1.00 bits per heavy atom. The van der Waals surface area contributed by atoms with Crippen LogP contribution in [0.2, 0.25) is 0 Å². The van der Waals surface area contributed by atoms with Gasteiger partial charge in [0.05, 0.1) is 13.3 Å². The summed E-state index contributed by atoms with van der Waals surface area (Å²) in [6, 6.07) is 13.7. The Labute approximate surface area is 185 Å². The predicted octanol–water partition coefficient (Wildman–Crippen LogP) is 1.32. The first-order valence-electron chi connectivity index (χ1n) is 9.79. The van der Waals surface area contributed by atoms with Crippen LogP contribution in [0.4, 0.5) is 5.69 Å². The number of hydrazone groups is 1. The monoisotopic (exact) mass is 442 g/mol. The third-order valence-corrected chi connectivity index (χ3v) is 4.04. The highest BCUT2D eigenvalue weighted by molar-refractivity contribution is 6.35. The molecule has 2 aromatic rings. The molecule has 3 N–H and O–H groups in total. The van der Waals surface area contributed by atoms with Crippen LogP contribution in [0.25, 0.3) is 0 Å². The van der Waals surface area contributed by atoms with Gasteiger partial charge in [0.1, 0.15) is 11.5 Å². The van der Waals surface area contributed by atoms with E-state index in [-0.39, 0.29) is 12.5 Å². The molecule has 0 saturated heterocycles. The average molecular weight is 442 g/mol. The molecular formula is C22H26N4O6. The molecule has 0 fully saturated rings. The van der Waals surface area contributed by atoms with Crippen LogP contribution in [0.1, 0.15) is 12.0 Å². The van der Waals surface area contributed by atoms with Gasteiger partial charge in [-0.15, -0.1) is 0 Å². The van der Waals surface area contributed by atoms with Crippen LogP contribution >= 0.6 is 0 Å². The van der Waals surface area contributed by atoms with Crippen molar-refractivity contribution in [3.8, 4) is 11.5 Å². The third-order valence-electron chi connectivity index (χ3n) is 4.04. The number of carbonyl (C=O) groups is 3. The molecule has 10 heteroatoms. The Hall–Kier alpha value is -3.92. The first-order chi connectivity index (χ1) is 15.5. The lowest BCUT2D eigenvalue weighted by Gasteiger charge is -2.10. The van der Waals surface area contributed by atoms with Crippen molar-refractivity contribution in [3.05, 3.63) is 54.1 Å². The van der Waals surface area contributed by atoms with Gasteiger partial charge in [-0.2, -0.15) is 5.10 Å². The number of nitrogens with one attached hydrogen (secondary N) is 3. The lowest BCUT2D eigenvalue weighted by atomic mass is 10.2. The smallest absolute Gasteiger partial charge is 0.329 e. The third kappa shape index (κ3) is 8.44. The molecule has 0 bridgehead atoms. The van der Waals surface area contributed by atoms with E-state index in [1.54, 1.807) is 62.8 Å². The van der Waals surface area contributed by atoms with Crippen molar-refractivity contribution in [1.29, 1.82) is 0 Å². The molecule has 170 valence electrons. The number of rotatable bonds is 11. The highest BCUT2D eigenvalue weighted by atomic mass is 16.5. The molecule has 0 unspecified atom stereocenters. The van der Waals surface area contributed by atoms with E-state index in [2.05, 4.69) is 21.2 Å². The number of hydrogen-bond donors (Lipinski definition) is 3. The van der Waals surface area contributed by atoms with Crippen molar-refractivity contribution >= 4 is 29.6 Å². The maximum Gasteiger partial charge on any atom is 0.329 e. The number of para-hydroxylation sites is 1. The molecule has 0 aliphatic heterocycles. The van der Waals surface area contributed by atoms with Crippen LogP contribution in [-0.4, -0.2) is 57.9 Å². The van der Waals surface area contributed by atoms with Gasteiger partial charge in [-0.25, -0.2) is 5.43 Å². The van der Waals surface area contributed by atoms with Gasteiger partial charge < -0.3 is 24.8 Å². The molecule has 0 aliphatic carbocycles. The van der Waals surface area contributed by atoms with Crippen molar-refractivity contribution < 1.29 is 28.6 Å². The van der Waals surface area contributed by atoms with Gasteiger partial charge in [-0.05, 0) is 42.8 Å². The first-order valence-corrected chi connectivity index (χ1v) is 9.79. The van der Waals surface area contributed by atoms with E-state index < -0.39 is 11.8 Å². The summed E-state index contributed by atoms with van der Waals surface area (Å²) in [5.41, 5.74) is 3.28. The number of ether oxygens (including phenoxy) is 3. The fourth-order valence-electron chi connectivity index (χ4n) is 2.44. The Morgan fingerprint density at radius 3 is 2.47 bits per heavy atom. The zero-order chi connectivity index (χ0) is 23.2. The summed E-state index contributed by atoms with van der Waals surface area (Å²) in [5.74, 6) is -0.961. The van der Waals surface area contributed by atoms with Crippen molar-refractivity contribution in [2.75, 3.05) is 39.3 Å². The SMILES string of the molecule is COCCCNC(=O)C(=O)N/N=C\c1ccccc1OCC(=O)Nc1ccc(OC)cc1. The summed E-state index contributed by atoms with van der Waals surface area (Å²) >= 11 is 0. The molecule has 2 rings (SSSR count). The van der Waals surface area contributed by atoms with E-state index in [1.807, 2.05) is 0 Å². The standard InChI is InChI=1S/C22H26N4O6/c1-30-13-5-12-23-21(28)22(29)26-24-14-16-6-3-4-7-19(16)32-15-20(27)25-17-8-10-18(31-2)11-9-17/h3-4,6-11,14H,5,12-13,15H2,1-2H3,(H,23,28)(H,25,27)(H,26,29)/b24-14-. The van der Waals surface area contributed by atoms with Crippen LogP contribution < -0.4 is 25.5 Å². The number of carbonyl (C=O) groups excluding carboxylic acids is 3.